The Balaban J connectivity index is 1.41. The van der Waals surface area contributed by atoms with Gasteiger partial charge >= 0.3 is 0 Å². The number of nitrogens with one attached hydrogen (secondary N) is 1. The summed E-state index contributed by atoms with van der Waals surface area (Å²) in [5.74, 6) is 0.777. The molecule has 3 aliphatic rings. The van der Waals surface area contributed by atoms with Gasteiger partial charge in [0, 0.05) is 23.5 Å². The van der Waals surface area contributed by atoms with Gasteiger partial charge in [0.2, 0.25) is 0 Å². The topological polar surface area (TPSA) is 59.4 Å². The third kappa shape index (κ3) is 2.42. The Hall–Kier alpha value is -2.08. The van der Waals surface area contributed by atoms with Gasteiger partial charge in [0.1, 0.15) is 17.9 Å². The van der Waals surface area contributed by atoms with Crippen LogP contribution in [0, 0.1) is 0 Å². The van der Waals surface area contributed by atoms with Gasteiger partial charge in [0.05, 0.1) is 6.54 Å². The van der Waals surface area contributed by atoms with Crippen LogP contribution in [0.5, 0.6) is 5.75 Å². The highest BCUT2D eigenvalue weighted by atomic mass is 16.5. The largest absolute Gasteiger partial charge is 0.489 e. The van der Waals surface area contributed by atoms with Gasteiger partial charge in [-0.1, -0.05) is 18.6 Å². The molecule has 0 spiro atoms. The van der Waals surface area contributed by atoms with Crippen molar-refractivity contribution in [2.75, 3.05) is 13.7 Å². The Labute approximate surface area is 147 Å². The molecule has 25 heavy (non-hydrogen) atoms. The van der Waals surface area contributed by atoms with Crippen LogP contribution in [0.15, 0.2) is 18.2 Å². The van der Waals surface area contributed by atoms with E-state index in [2.05, 4.69) is 22.4 Å². The SMILES string of the molecule is CN1C2CCCC1CC(NC(=O)c1nn3c4c(cccc14)OCC3)C2. The molecule has 0 saturated carbocycles. The smallest absolute Gasteiger partial charge is 0.272 e. The molecular formula is C19H24N4O2. The van der Waals surface area contributed by atoms with Crippen molar-refractivity contribution in [3.05, 3.63) is 23.9 Å². The number of carbonyl (C=O) groups is 1. The Bertz CT molecular complexity index is 816. The molecule has 2 unspecified atom stereocenters. The molecular weight excluding hydrogens is 316 g/mol. The predicted molar refractivity (Wildman–Crippen MR) is 94.9 cm³/mol. The molecule has 4 heterocycles. The quantitative estimate of drug-likeness (QED) is 0.910. The molecule has 0 aliphatic carbocycles. The molecule has 3 aliphatic heterocycles. The second-order valence-electron chi connectivity index (χ2n) is 7.62. The Morgan fingerprint density at radius 1 is 1.28 bits per heavy atom. The first-order chi connectivity index (χ1) is 12.2. The fraction of sp³-hybridized carbons (Fsp3) is 0.579. The van der Waals surface area contributed by atoms with Crippen molar-refractivity contribution < 1.29 is 9.53 Å². The number of amides is 1. The van der Waals surface area contributed by atoms with Gasteiger partial charge in [-0.2, -0.15) is 5.10 Å². The summed E-state index contributed by atoms with van der Waals surface area (Å²) in [6, 6.07) is 7.31. The zero-order valence-electron chi connectivity index (χ0n) is 14.6. The van der Waals surface area contributed by atoms with Gasteiger partial charge < -0.3 is 15.0 Å². The highest BCUT2D eigenvalue weighted by Crippen LogP contribution is 2.34. The second kappa shape index (κ2) is 5.73. The van der Waals surface area contributed by atoms with Crippen LogP contribution in [0.25, 0.3) is 10.9 Å². The molecule has 1 N–H and O–H groups in total. The average Bonchev–Trinajstić information content (AvgIpc) is 2.97. The third-order valence-corrected chi connectivity index (χ3v) is 6.18. The Morgan fingerprint density at radius 3 is 2.88 bits per heavy atom. The highest BCUT2D eigenvalue weighted by Gasteiger charge is 2.37. The number of ether oxygens (including phenoxy) is 1. The number of aromatic nitrogens is 2. The molecule has 132 valence electrons. The van der Waals surface area contributed by atoms with Crippen LogP contribution in [-0.2, 0) is 6.54 Å². The summed E-state index contributed by atoms with van der Waals surface area (Å²) in [5, 5.41) is 8.75. The van der Waals surface area contributed by atoms with Gasteiger partial charge in [-0.3, -0.25) is 9.48 Å². The first-order valence-corrected chi connectivity index (χ1v) is 9.36. The number of hydrogen-bond donors (Lipinski definition) is 1. The lowest BCUT2D eigenvalue weighted by Gasteiger charge is -2.47. The number of benzene rings is 1. The van der Waals surface area contributed by atoms with Gasteiger partial charge in [0.25, 0.3) is 5.91 Å². The number of nitrogens with zero attached hydrogens (tertiary/aromatic N) is 3. The van der Waals surface area contributed by atoms with Gasteiger partial charge in [-0.25, -0.2) is 0 Å². The number of rotatable bonds is 2. The molecule has 1 aromatic carbocycles. The highest BCUT2D eigenvalue weighted by molar-refractivity contribution is 6.06. The zero-order valence-corrected chi connectivity index (χ0v) is 14.6. The molecule has 0 radical (unpaired) electrons. The molecule has 2 bridgehead atoms. The van der Waals surface area contributed by atoms with Crippen molar-refractivity contribution in [3.8, 4) is 5.75 Å². The lowest BCUT2D eigenvalue weighted by molar-refractivity contribution is 0.0462. The lowest BCUT2D eigenvalue weighted by Crippen LogP contribution is -2.55. The second-order valence-corrected chi connectivity index (χ2v) is 7.62. The lowest BCUT2D eigenvalue weighted by atomic mass is 9.82. The summed E-state index contributed by atoms with van der Waals surface area (Å²) in [7, 11) is 2.23. The van der Waals surface area contributed by atoms with Crippen LogP contribution in [-0.4, -0.2) is 52.4 Å². The average molecular weight is 340 g/mol. The van der Waals surface area contributed by atoms with Crippen molar-refractivity contribution >= 4 is 16.8 Å². The summed E-state index contributed by atoms with van der Waals surface area (Å²) in [4.78, 5) is 15.5. The van der Waals surface area contributed by atoms with Crippen molar-refractivity contribution in [1.82, 2.24) is 20.0 Å². The Kier molecular flexibility index (Phi) is 3.48. The molecule has 5 rings (SSSR count). The van der Waals surface area contributed by atoms with E-state index in [1.165, 1.54) is 19.3 Å². The van der Waals surface area contributed by atoms with E-state index in [1.54, 1.807) is 0 Å². The minimum atomic E-state index is -0.0459. The number of piperidine rings is 2. The molecule has 1 amide bonds. The maximum atomic E-state index is 12.9. The van der Waals surface area contributed by atoms with Crippen LogP contribution >= 0.6 is 0 Å². The van der Waals surface area contributed by atoms with Crippen LogP contribution in [0.4, 0.5) is 0 Å². The summed E-state index contributed by atoms with van der Waals surface area (Å²) in [6.45, 7) is 1.30. The van der Waals surface area contributed by atoms with Crippen molar-refractivity contribution in [2.45, 2.75) is 56.8 Å². The first kappa shape index (κ1) is 15.2. The van der Waals surface area contributed by atoms with E-state index in [9.17, 15) is 4.79 Å². The van der Waals surface area contributed by atoms with E-state index < -0.39 is 0 Å². The number of fused-ring (bicyclic) bond motifs is 2. The zero-order chi connectivity index (χ0) is 17.0. The maximum Gasteiger partial charge on any atom is 0.272 e. The van der Waals surface area contributed by atoms with Gasteiger partial charge in [-0.05, 0) is 38.8 Å². The fourth-order valence-corrected chi connectivity index (χ4v) is 4.88. The van der Waals surface area contributed by atoms with E-state index in [4.69, 9.17) is 4.74 Å². The summed E-state index contributed by atoms with van der Waals surface area (Å²) in [6.07, 6.45) is 5.91. The van der Waals surface area contributed by atoms with E-state index in [0.29, 0.717) is 30.9 Å². The van der Waals surface area contributed by atoms with Crippen LogP contribution in [0.2, 0.25) is 0 Å². The first-order valence-electron chi connectivity index (χ1n) is 9.36. The number of para-hydroxylation sites is 1. The third-order valence-electron chi connectivity index (χ3n) is 6.18. The van der Waals surface area contributed by atoms with Gasteiger partial charge in [0.15, 0.2) is 5.69 Å². The molecule has 2 aromatic rings. The predicted octanol–water partition coefficient (Wildman–Crippen LogP) is 2.17. The molecule has 2 atom stereocenters. The van der Waals surface area contributed by atoms with E-state index in [0.717, 1.165) is 29.5 Å². The van der Waals surface area contributed by atoms with Crippen molar-refractivity contribution in [1.29, 1.82) is 0 Å². The molecule has 1 aromatic heterocycles. The summed E-state index contributed by atoms with van der Waals surface area (Å²) >= 11 is 0. The van der Waals surface area contributed by atoms with Crippen molar-refractivity contribution in [3.63, 3.8) is 0 Å². The molecule has 2 fully saturated rings. The maximum absolute atomic E-state index is 12.9. The minimum absolute atomic E-state index is 0.0459. The monoisotopic (exact) mass is 340 g/mol. The number of carbonyl (C=O) groups excluding carboxylic acids is 1. The standard InChI is InChI=1S/C19H24N4O2/c1-22-13-4-2-5-14(22)11-12(10-13)20-19(24)17-15-6-3-7-16-18(15)23(21-17)8-9-25-16/h3,6-7,12-14H,2,4-5,8-11H2,1H3,(H,20,24). The van der Waals surface area contributed by atoms with Crippen LogP contribution < -0.4 is 10.1 Å². The normalized spacial score (nSPS) is 28.6. The van der Waals surface area contributed by atoms with E-state index >= 15 is 0 Å². The minimum Gasteiger partial charge on any atom is -0.489 e. The fourth-order valence-electron chi connectivity index (χ4n) is 4.88. The summed E-state index contributed by atoms with van der Waals surface area (Å²) in [5.41, 5.74) is 1.48. The van der Waals surface area contributed by atoms with Crippen molar-refractivity contribution in [2.24, 2.45) is 0 Å². The van der Waals surface area contributed by atoms with E-state index in [1.807, 2.05) is 22.9 Å². The molecule has 2 saturated heterocycles. The van der Waals surface area contributed by atoms with Crippen LogP contribution in [0.3, 0.4) is 0 Å². The van der Waals surface area contributed by atoms with Gasteiger partial charge in [-0.15, -0.1) is 0 Å². The summed E-state index contributed by atoms with van der Waals surface area (Å²) < 4.78 is 7.61. The Morgan fingerprint density at radius 2 is 2.08 bits per heavy atom. The number of hydrogen-bond acceptors (Lipinski definition) is 4. The van der Waals surface area contributed by atoms with Crippen LogP contribution in [0.1, 0.15) is 42.6 Å². The molecule has 6 heteroatoms. The van der Waals surface area contributed by atoms with E-state index in [-0.39, 0.29) is 11.9 Å². The molecule has 6 nitrogen and oxygen atoms in total.